The van der Waals surface area contributed by atoms with Crippen molar-refractivity contribution < 1.29 is 22.8 Å². The van der Waals surface area contributed by atoms with Crippen LogP contribution in [0.3, 0.4) is 0 Å². The average Bonchev–Trinajstić information content (AvgIpc) is 2.63. The number of carbonyl (C=O) groups excluding carboxylic acids is 2. The molecule has 0 aliphatic rings. The van der Waals surface area contributed by atoms with E-state index in [0.29, 0.717) is 5.56 Å². The SMILES string of the molecule is Cc1ccccc1C(=O)NCC(=O)NCC#Cc1cccc(C(F)(F)F)c1. The van der Waals surface area contributed by atoms with Gasteiger partial charge in [0, 0.05) is 11.1 Å². The Morgan fingerprint density at radius 2 is 1.78 bits per heavy atom. The minimum absolute atomic E-state index is 0.0463. The summed E-state index contributed by atoms with van der Waals surface area (Å²) in [6.07, 6.45) is -4.43. The molecule has 2 aromatic carbocycles. The molecular formula is C20H17F3N2O2. The van der Waals surface area contributed by atoms with Gasteiger partial charge in [-0.05, 0) is 36.8 Å². The number of nitrogens with one attached hydrogen (secondary N) is 2. The summed E-state index contributed by atoms with van der Waals surface area (Å²) in [4.78, 5) is 23.7. The molecule has 0 aliphatic carbocycles. The average molecular weight is 374 g/mol. The Labute approximate surface area is 154 Å². The minimum Gasteiger partial charge on any atom is -0.344 e. The lowest BCUT2D eigenvalue weighted by Crippen LogP contribution is -2.37. The third kappa shape index (κ3) is 6.19. The lowest BCUT2D eigenvalue weighted by Gasteiger charge is -2.07. The van der Waals surface area contributed by atoms with Gasteiger partial charge in [-0.1, -0.05) is 36.1 Å². The smallest absolute Gasteiger partial charge is 0.344 e. The fraction of sp³-hybridized carbons (Fsp3) is 0.200. The maximum Gasteiger partial charge on any atom is 0.416 e. The Morgan fingerprint density at radius 3 is 2.48 bits per heavy atom. The van der Waals surface area contributed by atoms with Crippen molar-refractivity contribution in [1.82, 2.24) is 10.6 Å². The number of hydrogen-bond donors (Lipinski definition) is 2. The third-order valence-electron chi connectivity index (χ3n) is 3.60. The van der Waals surface area contributed by atoms with Crippen molar-refractivity contribution in [3.8, 4) is 11.8 Å². The van der Waals surface area contributed by atoms with Crippen molar-refractivity contribution >= 4 is 11.8 Å². The first-order chi connectivity index (χ1) is 12.8. The van der Waals surface area contributed by atoms with Crippen LogP contribution in [0.2, 0.25) is 0 Å². The molecule has 0 radical (unpaired) electrons. The number of hydrogen-bond acceptors (Lipinski definition) is 2. The second kappa shape index (κ2) is 8.90. The quantitative estimate of drug-likeness (QED) is 0.809. The number of alkyl halides is 3. The molecule has 27 heavy (non-hydrogen) atoms. The van der Waals surface area contributed by atoms with Crippen LogP contribution in [0.4, 0.5) is 13.2 Å². The molecule has 4 nitrogen and oxygen atoms in total. The first-order valence-corrected chi connectivity index (χ1v) is 8.04. The molecule has 0 aromatic heterocycles. The van der Waals surface area contributed by atoms with E-state index in [0.717, 1.165) is 17.7 Å². The van der Waals surface area contributed by atoms with Gasteiger partial charge in [-0.25, -0.2) is 0 Å². The number of rotatable bonds is 4. The highest BCUT2D eigenvalue weighted by atomic mass is 19.4. The Kier molecular flexibility index (Phi) is 6.61. The highest BCUT2D eigenvalue weighted by molar-refractivity contribution is 5.97. The zero-order valence-electron chi connectivity index (χ0n) is 14.5. The lowest BCUT2D eigenvalue weighted by atomic mass is 10.1. The largest absolute Gasteiger partial charge is 0.416 e. The van der Waals surface area contributed by atoms with Gasteiger partial charge in [0.05, 0.1) is 18.7 Å². The molecule has 0 atom stereocenters. The molecular weight excluding hydrogens is 357 g/mol. The van der Waals surface area contributed by atoms with Crippen LogP contribution in [0.25, 0.3) is 0 Å². The number of carbonyl (C=O) groups is 2. The monoisotopic (exact) mass is 374 g/mol. The van der Waals surface area contributed by atoms with Gasteiger partial charge in [-0.3, -0.25) is 9.59 Å². The third-order valence-corrected chi connectivity index (χ3v) is 3.60. The molecule has 0 unspecified atom stereocenters. The molecule has 2 amide bonds. The Bertz CT molecular complexity index is 896. The number of aryl methyl sites for hydroxylation is 1. The second-order valence-electron chi connectivity index (χ2n) is 5.65. The number of halogens is 3. The second-order valence-corrected chi connectivity index (χ2v) is 5.65. The molecule has 0 saturated heterocycles. The summed E-state index contributed by atoms with van der Waals surface area (Å²) in [7, 11) is 0. The van der Waals surface area contributed by atoms with E-state index in [9.17, 15) is 22.8 Å². The van der Waals surface area contributed by atoms with Gasteiger partial charge in [-0.2, -0.15) is 13.2 Å². The first kappa shape index (κ1) is 20.0. The molecule has 0 fully saturated rings. The first-order valence-electron chi connectivity index (χ1n) is 8.04. The van der Waals surface area contributed by atoms with Gasteiger partial charge in [0.2, 0.25) is 5.91 Å². The van der Waals surface area contributed by atoms with Crippen LogP contribution in [0.5, 0.6) is 0 Å². The van der Waals surface area contributed by atoms with Crippen molar-refractivity contribution in [3.63, 3.8) is 0 Å². The predicted molar refractivity (Wildman–Crippen MR) is 94.8 cm³/mol. The van der Waals surface area contributed by atoms with Crippen molar-refractivity contribution in [3.05, 3.63) is 70.8 Å². The zero-order chi connectivity index (χ0) is 19.9. The highest BCUT2D eigenvalue weighted by Crippen LogP contribution is 2.29. The summed E-state index contributed by atoms with van der Waals surface area (Å²) in [6, 6.07) is 11.6. The lowest BCUT2D eigenvalue weighted by molar-refractivity contribution is -0.137. The fourth-order valence-electron chi connectivity index (χ4n) is 2.21. The van der Waals surface area contributed by atoms with Gasteiger partial charge in [-0.15, -0.1) is 0 Å². The standard InChI is InChI=1S/C20H17F3N2O2/c1-14-6-2-3-10-17(14)19(27)25-13-18(26)24-11-5-8-15-7-4-9-16(12-15)20(21,22)23/h2-4,6-7,9-10,12H,11,13H2,1H3,(H,24,26)(H,25,27). The van der Waals surface area contributed by atoms with Crippen LogP contribution >= 0.6 is 0 Å². The van der Waals surface area contributed by atoms with E-state index in [1.54, 1.807) is 25.1 Å². The van der Waals surface area contributed by atoms with E-state index < -0.39 is 17.6 Å². The van der Waals surface area contributed by atoms with Crippen molar-refractivity contribution in [2.24, 2.45) is 0 Å². The molecule has 0 aliphatic heterocycles. The summed E-state index contributed by atoms with van der Waals surface area (Å²) in [6.45, 7) is 1.52. The van der Waals surface area contributed by atoms with Crippen molar-refractivity contribution in [1.29, 1.82) is 0 Å². The van der Waals surface area contributed by atoms with E-state index in [2.05, 4.69) is 22.5 Å². The molecule has 2 aromatic rings. The van der Waals surface area contributed by atoms with Crippen LogP contribution in [-0.2, 0) is 11.0 Å². The topological polar surface area (TPSA) is 58.2 Å². The Hall–Kier alpha value is -3.27. The van der Waals surface area contributed by atoms with Crippen LogP contribution in [0.1, 0.15) is 27.0 Å². The zero-order valence-corrected chi connectivity index (χ0v) is 14.5. The van der Waals surface area contributed by atoms with Gasteiger partial charge < -0.3 is 10.6 Å². The summed E-state index contributed by atoms with van der Waals surface area (Å²) in [5.74, 6) is 4.32. The molecule has 7 heteroatoms. The van der Waals surface area contributed by atoms with Crippen LogP contribution in [-0.4, -0.2) is 24.9 Å². The van der Waals surface area contributed by atoms with Gasteiger partial charge in [0.25, 0.3) is 5.91 Å². The maximum absolute atomic E-state index is 12.6. The molecule has 0 saturated carbocycles. The molecule has 140 valence electrons. The molecule has 2 N–H and O–H groups in total. The number of amides is 2. The molecule has 0 heterocycles. The predicted octanol–water partition coefficient (Wildman–Crippen LogP) is 2.91. The van der Waals surface area contributed by atoms with Gasteiger partial charge >= 0.3 is 6.18 Å². The maximum atomic E-state index is 12.6. The van der Waals surface area contributed by atoms with Crippen LogP contribution in [0, 0.1) is 18.8 Å². The molecule has 0 bridgehead atoms. The van der Waals surface area contributed by atoms with E-state index in [4.69, 9.17) is 0 Å². The summed E-state index contributed by atoms with van der Waals surface area (Å²) in [5, 5.41) is 4.97. The van der Waals surface area contributed by atoms with Crippen molar-refractivity contribution in [2.75, 3.05) is 13.1 Å². The number of benzene rings is 2. The summed E-state index contributed by atoms with van der Waals surface area (Å²) >= 11 is 0. The Morgan fingerprint density at radius 1 is 1.04 bits per heavy atom. The van der Waals surface area contributed by atoms with Gasteiger partial charge in [0.1, 0.15) is 0 Å². The van der Waals surface area contributed by atoms with E-state index >= 15 is 0 Å². The summed E-state index contributed by atoms with van der Waals surface area (Å²) < 4.78 is 37.9. The summed E-state index contributed by atoms with van der Waals surface area (Å²) in [5.41, 5.74) is 0.696. The highest BCUT2D eigenvalue weighted by Gasteiger charge is 2.30. The van der Waals surface area contributed by atoms with Gasteiger partial charge in [0.15, 0.2) is 0 Å². The molecule has 0 spiro atoms. The van der Waals surface area contributed by atoms with Crippen LogP contribution < -0.4 is 10.6 Å². The van der Waals surface area contributed by atoms with E-state index in [1.165, 1.54) is 12.1 Å². The normalized spacial score (nSPS) is 10.5. The fourth-order valence-corrected chi connectivity index (χ4v) is 2.21. The van der Waals surface area contributed by atoms with E-state index in [1.807, 2.05) is 6.07 Å². The minimum atomic E-state index is -4.43. The van der Waals surface area contributed by atoms with Crippen molar-refractivity contribution in [2.45, 2.75) is 13.1 Å². The Balaban J connectivity index is 1.81. The van der Waals surface area contributed by atoms with Crippen LogP contribution in [0.15, 0.2) is 48.5 Å². The molecule has 2 rings (SSSR count). The van der Waals surface area contributed by atoms with E-state index in [-0.39, 0.29) is 24.6 Å².